The number of rotatable bonds is 5. The van der Waals surface area contributed by atoms with Gasteiger partial charge in [-0.2, -0.15) is 0 Å². The van der Waals surface area contributed by atoms with Crippen LogP contribution in [0.5, 0.6) is 0 Å². The van der Waals surface area contributed by atoms with E-state index < -0.39 is 33.8 Å². The van der Waals surface area contributed by atoms with Crippen LogP contribution in [-0.4, -0.2) is 73.5 Å². The number of urea groups is 1. The van der Waals surface area contributed by atoms with Gasteiger partial charge in [-0.25, -0.2) is 13.2 Å². The Kier molecular flexibility index (Phi) is 6.09. The van der Waals surface area contributed by atoms with Gasteiger partial charge in [-0.3, -0.25) is 19.8 Å². The Hall–Kier alpha value is -1.68. The number of carbonyl (C=O) groups is 3. The quantitative estimate of drug-likeness (QED) is 0.555. The molecule has 1 unspecified atom stereocenters. The van der Waals surface area contributed by atoms with Gasteiger partial charge in [0.2, 0.25) is 5.91 Å². The molecule has 0 radical (unpaired) electrons. The van der Waals surface area contributed by atoms with Gasteiger partial charge in [-0.1, -0.05) is 0 Å². The lowest BCUT2D eigenvalue weighted by Crippen LogP contribution is -2.53. The van der Waals surface area contributed by atoms with E-state index in [2.05, 4.69) is 10.6 Å². The Morgan fingerprint density at radius 3 is 2.57 bits per heavy atom. The van der Waals surface area contributed by atoms with Crippen molar-refractivity contribution in [1.29, 1.82) is 0 Å². The number of hydrogen-bond donors (Lipinski definition) is 3. The van der Waals surface area contributed by atoms with Crippen molar-refractivity contribution in [3.63, 3.8) is 0 Å². The molecule has 3 amide bonds. The molecule has 0 saturated carbocycles. The lowest BCUT2D eigenvalue weighted by Gasteiger charge is -2.33. The molecule has 0 spiro atoms. The summed E-state index contributed by atoms with van der Waals surface area (Å²) in [5, 5.41) is 13.3. The zero-order valence-electron chi connectivity index (χ0n) is 11.7. The van der Waals surface area contributed by atoms with Gasteiger partial charge in [0.15, 0.2) is 9.84 Å². The Labute approximate surface area is 122 Å². The van der Waals surface area contributed by atoms with E-state index in [4.69, 9.17) is 5.11 Å². The van der Waals surface area contributed by atoms with Crippen LogP contribution >= 0.6 is 0 Å². The maximum absolute atomic E-state index is 11.7. The molecule has 21 heavy (non-hydrogen) atoms. The lowest BCUT2D eigenvalue weighted by molar-refractivity contribution is -0.138. The third kappa shape index (κ3) is 6.08. The van der Waals surface area contributed by atoms with E-state index in [0.29, 0.717) is 6.54 Å². The fourth-order valence-corrected chi connectivity index (χ4v) is 3.67. The first-order valence-corrected chi connectivity index (χ1v) is 8.29. The maximum atomic E-state index is 11.7. The van der Waals surface area contributed by atoms with Crippen molar-refractivity contribution in [3.05, 3.63) is 0 Å². The van der Waals surface area contributed by atoms with E-state index in [-0.39, 0.29) is 31.0 Å². The normalized spacial score (nSPS) is 21.5. The van der Waals surface area contributed by atoms with E-state index in [1.807, 2.05) is 0 Å². The van der Waals surface area contributed by atoms with Gasteiger partial charge in [0.25, 0.3) is 0 Å². The Bertz CT molecular complexity index is 518. The number of aliphatic carboxylic acids is 1. The Balaban J connectivity index is 2.64. The minimum absolute atomic E-state index is 0.0725. The second kappa shape index (κ2) is 7.36. The average Bonchev–Trinajstić information content (AvgIpc) is 2.31. The van der Waals surface area contributed by atoms with Crippen molar-refractivity contribution in [2.24, 2.45) is 0 Å². The van der Waals surface area contributed by atoms with Crippen molar-refractivity contribution >= 4 is 27.7 Å². The van der Waals surface area contributed by atoms with E-state index in [1.165, 1.54) is 4.90 Å². The predicted octanol–water partition coefficient (Wildman–Crippen LogP) is -1.59. The van der Waals surface area contributed by atoms with Crippen molar-refractivity contribution in [2.75, 3.05) is 31.1 Å². The van der Waals surface area contributed by atoms with Gasteiger partial charge in [-0.15, -0.1) is 0 Å². The summed E-state index contributed by atoms with van der Waals surface area (Å²) in [5.41, 5.74) is 0. The summed E-state index contributed by atoms with van der Waals surface area (Å²) in [6.07, 6.45) is -0.367. The molecule has 1 saturated heterocycles. The fourth-order valence-electron chi connectivity index (χ4n) is 2.07. The predicted molar refractivity (Wildman–Crippen MR) is 73.5 cm³/mol. The summed E-state index contributed by atoms with van der Waals surface area (Å²) in [7, 11) is -3.29. The van der Waals surface area contributed by atoms with E-state index in [1.54, 1.807) is 6.92 Å². The van der Waals surface area contributed by atoms with Crippen LogP contribution in [0.3, 0.4) is 0 Å². The average molecular weight is 321 g/mol. The topological polar surface area (TPSA) is 133 Å². The monoisotopic (exact) mass is 321 g/mol. The number of sulfone groups is 1. The first-order chi connectivity index (χ1) is 9.73. The molecule has 0 bridgehead atoms. The number of carboxylic acids is 1. The van der Waals surface area contributed by atoms with E-state index in [9.17, 15) is 22.8 Å². The van der Waals surface area contributed by atoms with Crippen LogP contribution in [0.4, 0.5) is 4.79 Å². The summed E-state index contributed by atoms with van der Waals surface area (Å²) in [4.78, 5) is 35.1. The van der Waals surface area contributed by atoms with Gasteiger partial charge >= 0.3 is 12.0 Å². The summed E-state index contributed by atoms with van der Waals surface area (Å²) in [6.45, 7) is 1.92. The zero-order valence-corrected chi connectivity index (χ0v) is 12.5. The molecule has 3 N–H and O–H groups in total. The number of carbonyl (C=O) groups excluding carboxylic acids is 2. The molecule has 0 aliphatic carbocycles. The van der Waals surface area contributed by atoms with Gasteiger partial charge in [-0.05, 0) is 6.92 Å². The number of amides is 3. The molecule has 120 valence electrons. The second-order valence-corrected chi connectivity index (χ2v) is 6.97. The highest BCUT2D eigenvalue weighted by atomic mass is 32.2. The summed E-state index contributed by atoms with van der Waals surface area (Å²) in [5.74, 6) is -2.16. The molecule has 10 heteroatoms. The molecule has 1 atom stereocenters. The van der Waals surface area contributed by atoms with Crippen LogP contribution in [0, 0.1) is 0 Å². The lowest BCUT2D eigenvalue weighted by atomic mass is 10.2. The molecule has 1 aliphatic heterocycles. The molecule has 0 aromatic carbocycles. The van der Waals surface area contributed by atoms with Crippen molar-refractivity contribution in [1.82, 2.24) is 15.5 Å². The number of carboxylic acid groups (broad SMARTS) is 1. The van der Waals surface area contributed by atoms with Crippen LogP contribution < -0.4 is 10.6 Å². The van der Waals surface area contributed by atoms with Crippen molar-refractivity contribution in [2.45, 2.75) is 19.4 Å². The first kappa shape index (κ1) is 17.4. The molecule has 1 fully saturated rings. The summed E-state index contributed by atoms with van der Waals surface area (Å²) < 4.78 is 23.1. The molecule has 1 heterocycles. The molecular weight excluding hydrogens is 302 g/mol. The highest BCUT2D eigenvalue weighted by Crippen LogP contribution is 2.14. The van der Waals surface area contributed by atoms with Crippen LogP contribution in [0.1, 0.15) is 13.3 Å². The number of nitrogens with zero attached hydrogens (tertiary/aromatic N) is 1. The maximum Gasteiger partial charge on any atom is 0.321 e. The fraction of sp³-hybridized carbons (Fsp3) is 0.727. The highest BCUT2D eigenvalue weighted by molar-refractivity contribution is 7.91. The molecular formula is C11H19N3O6S. The molecule has 0 aromatic heterocycles. The standard InChI is InChI=1S/C11H19N3O6S/c1-2-12-11(18)13-9(15)6-14-3-4-21(19,20)7-8(14)5-10(16)17/h8H,2-7H2,1H3,(H,16,17)(H2,12,13,15,18). The van der Waals surface area contributed by atoms with E-state index >= 15 is 0 Å². The number of hydrogen-bond acceptors (Lipinski definition) is 6. The van der Waals surface area contributed by atoms with Crippen LogP contribution in [0.2, 0.25) is 0 Å². The SMILES string of the molecule is CCNC(=O)NC(=O)CN1CCS(=O)(=O)CC1CC(=O)O. The van der Waals surface area contributed by atoms with Gasteiger partial charge in [0.05, 0.1) is 24.5 Å². The minimum Gasteiger partial charge on any atom is -0.481 e. The van der Waals surface area contributed by atoms with Gasteiger partial charge in [0, 0.05) is 19.1 Å². The second-order valence-electron chi connectivity index (χ2n) is 4.74. The smallest absolute Gasteiger partial charge is 0.321 e. The first-order valence-electron chi connectivity index (χ1n) is 6.47. The van der Waals surface area contributed by atoms with Gasteiger partial charge in [0.1, 0.15) is 0 Å². The summed E-state index contributed by atoms with van der Waals surface area (Å²) in [6, 6.07) is -1.40. The van der Waals surface area contributed by atoms with Gasteiger partial charge < -0.3 is 10.4 Å². The van der Waals surface area contributed by atoms with Crippen molar-refractivity contribution in [3.8, 4) is 0 Å². The minimum atomic E-state index is -3.29. The number of nitrogens with one attached hydrogen (secondary N) is 2. The van der Waals surface area contributed by atoms with Crippen LogP contribution in [0.25, 0.3) is 0 Å². The van der Waals surface area contributed by atoms with E-state index in [0.717, 1.165) is 0 Å². The third-order valence-corrected chi connectivity index (χ3v) is 4.70. The Morgan fingerprint density at radius 1 is 1.33 bits per heavy atom. The Morgan fingerprint density at radius 2 is 2.00 bits per heavy atom. The number of imide groups is 1. The molecule has 9 nitrogen and oxygen atoms in total. The third-order valence-electron chi connectivity index (χ3n) is 3.00. The van der Waals surface area contributed by atoms with Crippen LogP contribution in [-0.2, 0) is 19.4 Å². The van der Waals surface area contributed by atoms with Crippen LogP contribution in [0.15, 0.2) is 0 Å². The van der Waals surface area contributed by atoms with Crippen molar-refractivity contribution < 1.29 is 27.9 Å². The highest BCUT2D eigenvalue weighted by Gasteiger charge is 2.33. The molecule has 0 aromatic rings. The largest absolute Gasteiger partial charge is 0.481 e. The molecule has 1 rings (SSSR count). The summed E-state index contributed by atoms with van der Waals surface area (Å²) >= 11 is 0. The zero-order chi connectivity index (χ0) is 16.0. The molecule has 1 aliphatic rings.